The Hall–Kier alpha value is -0.310. The van der Waals surface area contributed by atoms with Crippen molar-refractivity contribution in [1.29, 1.82) is 0 Å². The van der Waals surface area contributed by atoms with Crippen LogP contribution in [0.1, 0.15) is 6.42 Å². The Balaban J connectivity index is 4.22. The van der Waals surface area contributed by atoms with Crippen LogP contribution in [0.25, 0.3) is 0 Å². The fourth-order valence-corrected chi connectivity index (χ4v) is 4.67. The number of nitrogens with two attached hydrogens (primary N) is 1. The van der Waals surface area contributed by atoms with E-state index in [1.165, 1.54) is 0 Å². The standard InChI is InChI=1S/C7H17NO5S2/c1-14(2,13-15(3,11)12)5-4-6(8)7(9)10/h6H,4-5,8H2,1-3H3,(H,9,10)/t6-/m0/s1. The molecule has 0 aromatic heterocycles. The largest absolute Gasteiger partial charge is 0.480 e. The van der Waals surface area contributed by atoms with E-state index in [1.54, 1.807) is 12.5 Å². The lowest BCUT2D eigenvalue weighted by Gasteiger charge is -2.29. The second-order valence-electron chi connectivity index (χ2n) is 3.65. The lowest BCUT2D eigenvalue weighted by atomic mass is 10.2. The minimum atomic E-state index is -3.50. The number of hydrogen-bond acceptors (Lipinski definition) is 5. The molecule has 0 rings (SSSR count). The summed E-state index contributed by atoms with van der Waals surface area (Å²) in [4.78, 5) is 10.4. The zero-order valence-electron chi connectivity index (χ0n) is 8.97. The van der Waals surface area contributed by atoms with E-state index in [4.69, 9.17) is 14.5 Å². The van der Waals surface area contributed by atoms with E-state index in [9.17, 15) is 13.2 Å². The quantitative estimate of drug-likeness (QED) is 0.681. The van der Waals surface area contributed by atoms with Gasteiger partial charge in [0, 0.05) is 5.75 Å². The third-order valence-electron chi connectivity index (χ3n) is 1.55. The Bertz CT molecular complexity index is 324. The molecule has 0 aromatic carbocycles. The van der Waals surface area contributed by atoms with E-state index in [0.29, 0.717) is 5.75 Å². The Kier molecular flexibility index (Phi) is 5.04. The summed E-state index contributed by atoms with van der Waals surface area (Å²) >= 11 is 0. The lowest BCUT2D eigenvalue weighted by molar-refractivity contribution is -0.138. The summed E-state index contributed by atoms with van der Waals surface area (Å²) in [5, 5.41) is 8.54. The van der Waals surface area contributed by atoms with Crippen molar-refractivity contribution in [3.63, 3.8) is 0 Å². The van der Waals surface area contributed by atoms with Crippen LogP contribution in [0, 0.1) is 0 Å². The number of carbonyl (C=O) groups is 1. The molecule has 0 saturated heterocycles. The highest BCUT2D eigenvalue weighted by Crippen LogP contribution is 2.43. The van der Waals surface area contributed by atoms with Crippen LogP contribution in [0.2, 0.25) is 0 Å². The van der Waals surface area contributed by atoms with Crippen molar-refractivity contribution in [1.82, 2.24) is 0 Å². The van der Waals surface area contributed by atoms with Crippen LogP contribution in [0.4, 0.5) is 0 Å². The molecule has 0 aromatic rings. The zero-order chi connectivity index (χ0) is 12.3. The fourth-order valence-electron chi connectivity index (χ4n) is 0.903. The summed E-state index contributed by atoms with van der Waals surface area (Å²) in [7, 11) is -5.30. The molecule has 0 saturated carbocycles. The zero-order valence-corrected chi connectivity index (χ0v) is 10.6. The van der Waals surface area contributed by atoms with Crippen molar-refractivity contribution in [3.05, 3.63) is 0 Å². The average Bonchev–Trinajstić information content (AvgIpc) is 1.95. The molecule has 0 fully saturated rings. The first-order valence-electron chi connectivity index (χ1n) is 4.14. The van der Waals surface area contributed by atoms with Crippen molar-refractivity contribution in [2.45, 2.75) is 12.5 Å². The van der Waals surface area contributed by atoms with E-state index in [2.05, 4.69) is 0 Å². The fraction of sp³-hybridized carbons (Fsp3) is 0.857. The minimum absolute atomic E-state index is 0.202. The molecular formula is C7H17NO5S2. The van der Waals surface area contributed by atoms with Crippen LogP contribution in [-0.2, 0) is 18.5 Å². The van der Waals surface area contributed by atoms with Crippen LogP contribution in [0.15, 0.2) is 0 Å². The molecule has 3 N–H and O–H groups in total. The Labute approximate surface area is 91.4 Å². The Morgan fingerprint density at radius 1 is 1.40 bits per heavy atom. The lowest BCUT2D eigenvalue weighted by Crippen LogP contribution is -2.31. The molecule has 0 amide bonds. The summed E-state index contributed by atoms with van der Waals surface area (Å²) in [5.41, 5.74) is 5.30. The van der Waals surface area contributed by atoms with Crippen LogP contribution in [-0.4, -0.2) is 50.1 Å². The smallest absolute Gasteiger partial charge is 0.320 e. The number of carboxylic acids is 1. The van der Waals surface area contributed by atoms with Crippen molar-refractivity contribution >= 4 is 26.4 Å². The second kappa shape index (κ2) is 5.15. The summed E-state index contributed by atoms with van der Waals surface area (Å²) in [6.45, 7) is 0. The Morgan fingerprint density at radius 2 is 1.87 bits per heavy atom. The van der Waals surface area contributed by atoms with Gasteiger partial charge in [0.1, 0.15) is 6.04 Å². The van der Waals surface area contributed by atoms with E-state index in [0.717, 1.165) is 6.26 Å². The molecule has 0 aliphatic heterocycles. The average molecular weight is 259 g/mol. The molecular weight excluding hydrogens is 242 g/mol. The first kappa shape index (κ1) is 14.7. The molecule has 1 atom stereocenters. The predicted octanol–water partition coefficient (Wildman–Crippen LogP) is -0.256. The SMILES string of the molecule is CS(C)(CC[C@H](N)C(=O)O)OS(C)(=O)=O. The molecule has 15 heavy (non-hydrogen) atoms. The molecule has 0 unspecified atom stereocenters. The van der Waals surface area contributed by atoms with Gasteiger partial charge in [0.25, 0.3) is 10.1 Å². The van der Waals surface area contributed by atoms with Crippen molar-refractivity contribution in [2.75, 3.05) is 24.5 Å². The number of hydrogen-bond donors (Lipinski definition) is 2. The van der Waals surface area contributed by atoms with Crippen LogP contribution < -0.4 is 5.73 Å². The van der Waals surface area contributed by atoms with Crippen LogP contribution >= 0.6 is 10.3 Å². The summed E-state index contributed by atoms with van der Waals surface area (Å²) < 4.78 is 26.6. The monoisotopic (exact) mass is 259 g/mol. The van der Waals surface area contributed by atoms with E-state index < -0.39 is 32.4 Å². The molecule has 6 nitrogen and oxygen atoms in total. The molecule has 0 bridgehead atoms. The van der Waals surface area contributed by atoms with Gasteiger partial charge in [-0.25, -0.2) is 3.63 Å². The predicted molar refractivity (Wildman–Crippen MR) is 60.5 cm³/mol. The van der Waals surface area contributed by atoms with E-state index >= 15 is 0 Å². The normalized spacial score (nSPS) is 16.0. The van der Waals surface area contributed by atoms with Crippen molar-refractivity contribution in [3.8, 4) is 0 Å². The molecule has 0 radical (unpaired) electrons. The van der Waals surface area contributed by atoms with Gasteiger partial charge in [0.2, 0.25) is 0 Å². The maximum atomic E-state index is 10.9. The molecule has 92 valence electrons. The van der Waals surface area contributed by atoms with Gasteiger partial charge < -0.3 is 10.8 Å². The highest BCUT2D eigenvalue weighted by molar-refractivity contribution is 8.31. The highest BCUT2D eigenvalue weighted by Gasteiger charge is 2.21. The molecule has 0 aliphatic rings. The highest BCUT2D eigenvalue weighted by atomic mass is 32.3. The van der Waals surface area contributed by atoms with Crippen molar-refractivity contribution < 1.29 is 21.9 Å². The number of carboxylic acid groups (broad SMARTS) is 1. The van der Waals surface area contributed by atoms with Gasteiger partial charge >= 0.3 is 5.97 Å². The van der Waals surface area contributed by atoms with Crippen LogP contribution in [0.5, 0.6) is 0 Å². The maximum Gasteiger partial charge on any atom is 0.320 e. The first-order chi connectivity index (χ1) is 6.53. The van der Waals surface area contributed by atoms with E-state index in [1.807, 2.05) is 0 Å². The van der Waals surface area contributed by atoms with Crippen LogP contribution in [0.3, 0.4) is 0 Å². The summed E-state index contributed by atoms with van der Waals surface area (Å²) in [6.07, 6.45) is 4.48. The number of rotatable bonds is 6. The van der Waals surface area contributed by atoms with Crippen molar-refractivity contribution in [2.24, 2.45) is 5.73 Å². The third kappa shape index (κ3) is 7.60. The third-order valence-corrected chi connectivity index (χ3v) is 5.23. The van der Waals surface area contributed by atoms with Gasteiger partial charge in [-0.1, -0.05) is 0 Å². The Morgan fingerprint density at radius 3 is 2.20 bits per heavy atom. The maximum absolute atomic E-state index is 10.9. The summed E-state index contributed by atoms with van der Waals surface area (Å²) in [6, 6.07) is -0.972. The first-order valence-corrected chi connectivity index (χ1v) is 8.50. The van der Waals surface area contributed by atoms with Gasteiger partial charge in [0.15, 0.2) is 0 Å². The molecule has 0 aliphatic carbocycles. The topological polar surface area (TPSA) is 107 Å². The molecule has 8 heteroatoms. The van der Waals surface area contributed by atoms with E-state index in [-0.39, 0.29) is 6.42 Å². The second-order valence-corrected chi connectivity index (χ2v) is 8.88. The minimum Gasteiger partial charge on any atom is -0.480 e. The molecule has 0 spiro atoms. The van der Waals surface area contributed by atoms with Gasteiger partial charge in [-0.05, 0) is 18.9 Å². The number of aliphatic carboxylic acids is 1. The van der Waals surface area contributed by atoms with Gasteiger partial charge in [-0.3, -0.25) is 4.79 Å². The molecule has 0 heterocycles. The van der Waals surface area contributed by atoms with Gasteiger partial charge in [-0.15, -0.1) is 10.3 Å². The summed E-state index contributed by atoms with van der Waals surface area (Å²) in [5.74, 6) is -0.752. The van der Waals surface area contributed by atoms with Gasteiger partial charge in [-0.2, -0.15) is 8.42 Å². The van der Waals surface area contributed by atoms with Gasteiger partial charge in [0.05, 0.1) is 6.26 Å².